The smallest absolute Gasteiger partial charge is 0.311 e. The Morgan fingerprint density at radius 1 is 1.32 bits per heavy atom. The van der Waals surface area contributed by atoms with Crippen molar-refractivity contribution in [3.05, 3.63) is 23.2 Å². The van der Waals surface area contributed by atoms with Crippen molar-refractivity contribution in [3.63, 3.8) is 0 Å². The zero-order chi connectivity index (χ0) is 15.4. The number of fused-ring (bicyclic) bond motifs is 2. The van der Waals surface area contributed by atoms with Crippen molar-refractivity contribution in [1.29, 1.82) is 0 Å². The molecule has 0 radical (unpaired) electrons. The van der Waals surface area contributed by atoms with Crippen LogP contribution in [0.4, 0.5) is 14.6 Å². The topological polar surface area (TPSA) is 51.1 Å². The van der Waals surface area contributed by atoms with Crippen molar-refractivity contribution < 1.29 is 13.5 Å². The Kier molecular flexibility index (Phi) is 3.32. The molecule has 1 aliphatic carbocycles. The molecular formula is C13H10Cl2F2N4O. The van der Waals surface area contributed by atoms with E-state index in [2.05, 4.69) is 15.0 Å². The van der Waals surface area contributed by atoms with Gasteiger partial charge in [-0.05, 0) is 0 Å². The fourth-order valence-electron chi connectivity index (χ4n) is 2.90. The van der Waals surface area contributed by atoms with Gasteiger partial charge in [0.1, 0.15) is 11.3 Å². The van der Waals surface area contributed by atoms with Crippen molar-refractivity contribution in [2.75, 3.05) is 24.7 Å². The Bertz CT molecular complexity index is 762. The number of ether oxygens (including phenoxy) is 1. The van der Waals surface area contributed by atoms with Gasteiger partial charge in [0.25, 0.3) is 0 Å². The van der Waals surface area contributed by atoms with Crippen LogP contribution >= 0.6 is 23.2 Å². The highest BCUT2D eigenvalue weighted by atomic mass is 35.5. The van der Waals surface area contributed by atoms with Gasteiger partial charge in [0.15, 0.2) is 11.0 Å². The van der Waals surface area contributed by atoms with Gasteiger partial charge in [-0.25, -0.2) is 9.37 Å². The molecule has 4 rings (SSSR count). The van der Waals surface area contributed by atoms with Crippen LogP contribution in [0.5, 0.6) is 0 Å². The molecule has 3 heterocycles. The third-order valence-corrected chi connectivity index (χ3v) is 4.89. The fraction of sp³-hybridized carbons (Fsp3) is 0.462. The lowest BCUT2D eigenvalue weighted by Gasteiger charge is -2.23. The van der Waals surface area contributed by atoms with Crippen LogP contribution < -0.4 is 4.90 Å². The number of hydrogen-bond acceptors (Lipinski definition) is 5. The molecule has 22 heavy (non-hydrogen) atoms. The first-order chi connectivity index (χ1) is 10.6. The maximum Gasteiger partial charge on any atom is 0.311 e. The molecule has 5 nitrogen and oxygen atoms in total. The van der Waals surface area contributed by atoms with Crippen molar-refractivity contribution in [2.24, 2.45) is 5.92 Å². The Morgan fingerprint density at radius 2 is 2.14 bits per heavy atom. The summed E-state index contributed by atoms with van der Waals surface area (Å²) in [6, 6.07) is -0.0135. The van der Waals surface area contributed by atoms with E-state index in [-0.39, 0.29) is 33.8 Å². The van der Waals surface area contributed by atoms with Crippen molar-refractivity contribution >= 4 is 39.9 Å². The maximum absolute atomic E-state index is 14.1. The molecule has 0 unspecified atom stereocenters. The number of nitrogens with zero attached hydrogens (tertiary/aromatic N) is 4. The van der Waals surface area contributed by atoms with E-state index >= 15 is 0 Å². The second kappa shape index (κ2) is 5.11. The average Bonchev–Trinajstić information content (AvgIpc) is 3.18. The predicted molar refractivity (Wildman–Crippen MR) is 77.3 cm³/mol. The van der Waals surface area contributed by atoms with Crippen LogP contribution in [0.2, 0.25) is 5.15 Å². The van der Waals surface area contributed by atoms with Crippen LogP contribution in [0.3, 0.4) is 0 Å². The van der Waals surface area contributed by atoms with Crippen molar-refractivity contribution in [3.8, 4) is 0 Å². The molecule has 2 aromatic rings. The highest BCUT2D eigenvalue weighted by Gasteiger charge is 2.54. The molecule has 2 aliphatic rings. The summed E-state index contributed by atoms with van der Waals surface area (Å²) < 4.78 is 33.3. The van der Waals surface area contributed by atoms with Crippen LogP contribution in [0.25, 0.3) is 10.9 Å². The van der Waals surface area contributed by atoms with Gasteiger partial charge in [-0.15, -0.1) is 11.6 Å². The minimum Gasteiger partial charge on any atom is -0.379 e. The third kappa shape index (κ3) is 2.11. The van der Waals surface area contributed by atoms with E-state index in [0.717, 1.165) is 0 Å². The van der Waals surface area contributed by atoms with Gasteiger partial charge >= 0.3 is 6.08 Å². The zero-order valence-electron chi connectivity index (χ0n) is 11.1. The molecule has 9 heteroatoms. The molecule has 1 aliphatic heterocycles. The quantitative estimate of drug-likeness (QED) is 0.451. The Balaban J connectivity index is 1.89. The second-order valence-corrected chi connectivity index (χ2v) is 6.17. The maximum atomic E-state index is 14.1. The van der Waals surface area contributed by atoms with Crippen molar-refractivity contribution in [1.82, 2.24) is 15.0 Å². The SMILES string of the molecule is Fc1nc(N2CCOC[C@@H]3[C@@H](Cl)[C@@H]32)c2cnc(Cl)c(F)c2n1. The minimum atomic E-state index is -1.02. The van der Waals surface area contributed by atoms with Gasteiger partial charge in [-0.1, -0.05) is 11.6 Å². The monoisotopic (exact) mass is 346 g/mol. The van der Waals surface area contributed by atoms with E-state index in [1.165, 1.54) is 6.20 Å². The molecular weight excluding hydrogens is 337 g/mol. The third-order valence-electron chi connectivity index (χ3n) is 4.05. The summed E-state index contributed by atoms with van der Waals surface area (Å²) >= 11 is 11.9. The van der Waals surface area contributed by atoms with Gasteiger partial charge in [0, 0.05) is 18.7 Å². The summed E-state index contributed by atoms with van der Waals surface area (Å²) in [6.45, 7) is 1.51. The zero-order valence-corrected chi connectivity index (χ0v) is 12.7. The van der Waals surface area contributed by atoms with Gasteiger partial charge in [-0.3, -0.25) is 0 Å². The fourth-order valence-corrected chi connectivity index (χ4v) is 3.50. The summed E-state index contributed by atoms with van der Waals surface area (Å²) in [6.07, 6.45) is 0.333. The minimum absolute atomic E-state index is 0.0135. The largest absolute Gasteiger partial charge is 0.379 e. The van der Waals surface area contributed by atoms with Gasteiger partial charge in [0.05, 0.1) is 30.0 Å². The van der Waals surface area contributed by atoms with E-state index in [1.54, 1.807) is 0 Å². The second-order valence-electron chi connectivity index (χ2n) is 5.31. The summed E-state index contributed by atoms with van der Waals surface area (Å²) in [5, 5.41) is -0.145. The highest BCUT2D eigenvalue weighted by molar-refractivity contribution is 6.30. The van der Waals surface area contributed by atoms with E-state index in [1.807, 2.05) is 4.90 Å². The number of pyridine rings is 1. The molecule has 1 saturated carbocycles. The molecule has 3 atom stereocenters. The standard InChI is InChI=1S/C13H10Cl2F2N4O/c14-7-6-4-22-2-1-21(10(6)7)12-5-3-18-11(15)8(16)9(5)19-13(17)20-12/h3,6-7,10H,1-2,4H2/t6-,7-,10-/m1/s1. The first-order valence-corrected chi connectivity index (χ1v) is 7.55. The highest BCUT2D eigenvalue weighted by Crippen LogP contribution is 2.45. The molecule has 0 bridgehead atoms. The van der Waals surface area contributed by atoms with E-state index in [9.17, 15) is 8.78 Å². The van der Waals surface area contributed by atoms with Gasteiger partial charge in [-0.2, -0.15) is 14.4 Å². The van der Waals surface area contributed by atoms with E-state index in [4.69, 9.17) is 27.9 Å². The first-order valence-electron chi connectivity index (χ1n) is 6.73. The van der Waals surface area contributed by atoms with Gasteiger partial charge < -0.3 is 9.64 Å². The van der Waals surface area contributed by atoms with Crippen LogP contribution in [-0.4, -0.2) is 46.1 Å². The average molecular weight is 347 g/mol. The molecule has 116 valence electrons. The molecule has 2 fully saturated rings. The Morgan fingerprint density at radius 3 is 2.95 bits per heavy atom. The molecule has 2 aromatic heterocycles. The van der Waals surface area contributed by atoms with E-state index in [0.29, 0.717) is 25.1 Å². The van der Waals surface area contributed by atoms with Crippen LogP contribution in [0.15, 0.2) is 6.20 Å². The predicted octanol–water partition coefficient (Wildman–Crippen LogP) is 2.40. The molecule has 0 spiro atoms. The van der Waals surface area contributed by atoms with E-state index < -0.39 is 11.9 Å². The molecule has 1 saturated heterocycles. The van der Waals surface area contributed by atoms with Gasteiger partial charge in [0.2, 0.25) is 0 Å². The van der Waals surface area contributed by atoms with Crippen LogP contribution in [0, 0.1) is 17.8 Å². The summed E-state index contributed by atoms with van der Waals surface area (Å²) in [5.74, 6) is -0.431. The number of anilines is 1. The Labute approximate surface area is 134 Å². The lowest BCUT2D eigenvalue weighted by atomic mass is 10.2. The van der Waals surface area contributed by atoms with Crippen molar-refractivity contribution in [2.45, 2.75) is 11.4 Å². The normalized spacial score (nSPS) is 27.6. The van der Waals surface area contributed by atoms with Crippen LogP contribution in [0.1, 0.15) is 0 Å². The number of alkyl halides is 1. The summed E-state index contributed by atoms with van der Waals surface area (Å²) in [5.41, 5.74) is -0.184. The Hall–Kier alpha value is -1.31. The first kappa shape index (κ1) is 14.3. The van der Waals surface area contributed by atoms with Crippen LogP contribution in [-0.2, 0) is 4.74 Å². The number of hydrogen-bond donors (Lipinski definition) is 0. The summed E-state index contributed by atoms with van der Waals surface area (Å²) in [4.78, 5) is 13.0. The lowest BCUT2D eigenvalue weighted by Crippen LogP contribution is -2.31. The molecule has 0 N–H and O–H groups in total. The molecule has 0 aromatic carbocycles. The molecule has 0 amide bonds. The lowest BCUT2D eigenvalue weighted by molar-refractivity contribution is 0.139. The number of halogens is 4. The number of rotatable bonds is 1. The number of aromatic nitrogens is 3. The summed E-state index contributed by atoms with van der Waals surface area (Å²) in [7, 11) is 0.